The van der Waals surface area contributed by atoms with Crippen LogP contribution in [0.15, 0.2) is 54.6 Å². The lowest BCUT2D eigenvalue weighted by Crippen LogP contribution is -2.39. The average molecular weight is 476 g/mol. The molecule has 2 rings (SSSR count). The minimum atomic E-state index is -1.98. The second kappa shape index (κ2) is 11.7. The van der Waals surface area contributed by atoms with E-state index >= 15 is 0 Å². The van der Waals surface area contributed by atoms with Crippen molar-refractivity contribution in [2.45, 2.75) is 69.4 Å². The number of ether oxygens (including phenoxy) is 1. The predicted molar refractivity (Wildman–Crippen MR) is 133 cm³/mol. The van der Waals surface area contributed by atoms with Gasteiger partial charge in [-0.15, -0.1) is 0 Å². The van der Waals surface area contributed by atoms with Gasteiger partial charge in [0.15, 0.2) is 11.1 Å². The molecule has 0 aliphatic carbocycles. The average Bonchev–Trinajstić information content (AvgIpc) is 2.75. The van der Waals surface area contributed by atoms with Crippen LogP contribution in [0.2, 0.25) is 0 Å². The van der Waals surface area contributed by atoms with E-state index in [0.29, 0.717) is 31.4 Å². The van der Waals surface area contributed by atoms with Gasteiger partial charge in [-0.2, -0.15) is 0 Å². The lowest BCUT2D eigenvalue weighted by atomic mass is 9.77. The molecule has 4 atom stereocenters. The third-order valence-corrected chi connectivity index (χ3v) is 6.60. The number of nitrogens with one attached hydrogen (secondary N) is 1. The van der Waals surface area contributed by atoms with Gasteiger partial charge in [0.1, 0.15) is 11.8 Å². The van der Waals surface area contributed by atoms with E-state index in [4.69, 9.17) is 16.2 Å². The standard InChI is InChI=1S/C25H37N3O4S/c1-24(2,3)32-23(29)28-22(27)19-11-8-12-20(15-19)25(4,17-26)16-21(33(30)31)14-13-18-9-6-5-7-10-18/h5-12,15,21-22H,13-14,16-17,26-27H2,1-4H3,(H,28,29)(H,30,31). The molecule has 0 bridgehead atoms. The SMILES string of the molecule is CC(C)(C)OC(=O)NC(N)c1cccc(C(C)(CN)CC(CCc2ccccc2)S(=O)O)c1. The van der Waals surface area contributed by atoms with E-state index in [1.165, 1.54) is 0 Å². The minimum absolute atomic E-state index is 0.296. The predicted octanol–water partition coefficient (Wildman–Crippen LogP) is 4.00. The molecule has 6 N–H and O–H groups in total. The maximum Gasteiger partial charge on any atom is 0.409 e. The zero-order valence-electron chi connectivity index (χ0n) is 19.9. The highest BCUT2D eigenvalue weighted by molar-refractivity contribution is 7.79. The fraction of sp³-hybridized carbons (Fsp3) is 0.480. The maximum absolute atomic E-state index is 12.1. The molecule has 0 saturated heterocycles. The Kier molecular flexibility index (Phi) is 9.60. The first kappa shape index (κ1) is 27.0. The molecule has 1 amide bonds. The van der Waals surface area contributed by atoms with Crippen LogP contribution < -0.4 is 16.8 Å². The van der Waals surface area contributed by atoms with E-state index in [1.807, 2.05) is 61.5 Å². The molecule has 2 aromatic rings. The van der Waals surface area contributed by atoms with Gasteiger partial charge in [0.25, 0.3) is 0 Å². The number of amides is 1. The second-order valence-electron chi connectivity index (χ2n) is 9.64. The van der Waals surface area contributed by atoms with Crippen molar-refractivity contribution < 1.29 is 18.3 Å². The van der Waals surface area contributed by atoms with Gasteiger partial charge in [-0.25, -0.2) is 9.00 Å². The summed E-state index contributed by atoms with van der Waals surface area (Å²) in [4.78, 5) is 12.1. The summed E-state index contributed by atoms with van der Waals surface area (Å²) in [7, 11) is 0. The first-order valence-electron chi connectivity index (χ1n) is 11.1. The first-order valence-corrected chi connectivity index (χ1v) is 12.3. The van der Waals surface area contributed by atoms with Gasteiger partial charge in [0.2, 0.25) is 0 Å². The van der Waals surface area contributed by atoms with E-state index in [-0.39, 0.29) is 0 Å². The number of hydrogen-bond acceptors (Lipinski definition) is 5. The highest BCUT2D eigenvalue weighted by atomic mass is 32.2. The van der Waals surface area contributed by atoms with Crippen molar-refractivity contribution in [1.29, 1.82) is 0 Å². The van der Waals surface area contributed by atoms with Crippen molar-refractivity contribution in [1.82, 2.24) is 5.32 Å². The van der Waals surface area contributed by atoms with Crippen LogP contribution in [0.3, 0.4) is 0 Å². The van der Waals surface area contributed by atoms with Gasteiger partial charge in [0.05, 0.1) is 5.25 Å². The van der Waals surface area contributed by atoms with Gasteiger partial charge in [-0.05, 0) is 56.7 Å². The molecule has 0 aliphatic heterocycles. The molecule has 8 heteroatoms. The fourth-order valence-electron chi connectivity index (χ4n) is 3.69. The summed E-state index contributed by atoms with van der Waals surface area (Å²) in [5, 5.41) is 2.21. The molecule has 7 nitrogen and oxygen atoms in total. The van der Waals surface area contributed by atoms with Crippen LogP contribution in [0.25, 0.3) is 0 Å². The largest absolute Gasteiger partial charge is 0.444 e. The molecule has 0 radical (unpaired) electrons. The van der Waals surface area contributed by atoms with Crippen LogP contribution in [-0.2, 0) is 27.7 Å². The number of alkyl carbamates (subject to hydrolysis) is 1. The van der Waals surface area contributed by atoms with Crippen molar-refractivity contribution in [2.24, 2.45) is 11.5 Å². The van der Waals surface area contributed by atoms with Gasteiger partial charge in [-0.1, -0.05) is 61.5 Å². The molecule has 0 spiro atoms. The molecule has 182 valence electrons. The normalized spacial score (nSPS) is 16.3. The lowest BCUT2D eigenvalue weighted by molar-refractivity contribution is 0.0505. The van der Waals surface area contributed by atoms with Crippen molar-refractivity contribution in [3.63, 3.8) is 0 Å². The number of benzene rings is 2. The topological polar surface area (TPSA) is 128 Å². The molecule has 0 aromatic heterocycles. The molecule has 0 aliphatic rings. The highest BCUT2D eigenvalue weighted by Gasteiger charge is 2.32. The number of carbonyl (C=O) groups excluding carboxylic acids is 1. The van der Waals surface area contributed by atoms with E-state index in [2.05, 4.69) is 5.32 Å². The van der Waals surface area contributed by atoms with Crippen molar-refractivity contribution in [3.8, 4) is 0 Å². The van der Waals surface area contributed by atoms with Gasteiger partial charge < -0.3 is 26.1 Å². The Balaban J connectivity index is 2.16. The summed E-state index contributed by atoms with van der Waals surface area (Å²) in [6.45, 7) is 7.63. The van der Waals surface area contributed by atoms with Crippen LogP contribution in [0.5, 0.6) is 0 Å². The van der Waals surface area contributed by atoms with Crippen LogP contribution in [-0.4, -0.2) is 32.3 Å². The molecular weight excluding hydrogens is 438 g/mol. The number of rotatable bonds is 10. The number of hydrogen-bond donors (Lipinski definition) is 4. The van der Waals surface area contributed by atoms with E-state index in [1.54, 1.807) is 20.8 Å². The Morgan fingerprint density at radius 1 is 1.12 bits per heavy atom. The van der Waals surface area contributed by atoms with Gasteiger partial charge in [-0.3, -0.25) is 0 Å². The Hall–Kier alpha value is -2.26. The van der Waals surface area contributed by atoms with E-state index in [0.717, 1.165) is 11.1 Å². The molecule has 0 fully saturated rings. The Labute approximate surface area is 199 Å². The summed E-state index contributed by atoms with van der Waals surface area (Å²) in [5.74, 6) is 0. The summed E-state index contributed by atoms with van der Waals surface area (Å²) in [6, 6.07) is 17.4. The van der Waals surface area contributed by atoms with Crippen LogP contribution >= 0.6 is 0 Å². The Morgan fingerprint density at radius 3 is 2.36 bits per heavy atom. The Bertz CT molecular complexity index is 933. The van der Waals surface area contributed by atoms with E-state index < -0.39 is 39.6 Å². The third-order valence-electron chi connectivity index (χ3n) is 5.63. The monoisotopic (exact) mass is 475 g/mol. The molecule has 0 saturated carbocycles. The zero-order chi connectivity index (χ0) is 24.6. The smallest absolute Gasteiger partial charge is 0.409 e. The summed E-state index contributed by atoms with van der Waals surface area (Å²) >= 11 is -1.98. The Morgan fingerprint density at radius 2 is 1.79 bits per heavy atom. The quantitative estimate of drug-likeness (QED) is 0.304. The fourth-order valence-corrected chi connectivity index (χ4v) is 4.52. The summed E-state index contributed by atoms with van der Waals surface area (Å²) in [6.07, 6.45) is 0.365. The number of aryl methyl sites for hydroxylation is 1. The van der Waals surface area contributed by atoms with Crippen molar-refractivity contribution >= 4 is 17.2 Å². The molecule has 4 unspecified atom stereocenters. The van der Waals surface area contributed by atoms with Crippen LogP contribution in [0, 0.1) is 0 Å². The molecule has 2 aromatic carbocycles. The maximum atomic E-state index is 12.1. The summed E-state index contributed by atoms with van der Waals surface area (Å²) in [5.41, 5.74) is 13.9. The third kappa shape index (κ3) is 8.55. The van der Waals surface area contributed by atoms with Gasteiger partial charge >= 0.3 is 6.09 Å². The van der Waals surface area contributed by atoms with Crippen LogP contribution in [0.1, 0.15) is 63.4 Å². The zero-order valence-corrected chi connectivity index (χ0v) is 20.7. The van der Waals surface area contributed by atoms with Crippen LogP contribution in [0.4, 0.5) is 4.79 Å². The number of carbonyl (C=O) groups is 1. The van der Waals surface area contributed by atoms with Crippen molar-refractivity contribution in [3.05, 3.63) is 71.3 Å². The van der Waals surface area contributed by atoms with Gasteiger partial charge in [0, 0.05) is 12.0 Å². The van der Waals surface area contributed by atoms with E-state index in [9.17, 15) is 13.6 Å². The highest BCUT2D eigenvalue weighted by Crippen LogP contribution is 2.32. The second-order valence-corrected chi connectivity index (χ2v) is 10.9. The molecule has 0 heterocycles. The molecule has 33 heavy (non-hydrogen) atoms. The summed E-state index contributed by atoms with van der Waals surface area (Å²) < 4.78 is 27.4. The number of nitrogens with two attached hydrogens (primary N) is 2. The lowest BCUT2D eigenvalue weighted by Gasteiger charge is -2.32. The first-order chi connectivity index (χ1) is 15.4. The minimum Gasteiger partial charge on any atom is -0.444 e. The van der Waals surface area contributed by atoms with Crippen molar-refractivity contribution in [2.75, 3.05) is 6.54 Å². The molecular formula is C25H37N3O4S.